The van der Waals surface area contributed by atoms with Crippen molar-refractivity contribution >= 4 is 40.3 Å². The molecule has 1 aromatic carbocycles. The highest BCUT2D eigenvalue weighted by atomic mass is 32.2. The molecule has 0 aliphatic carbocycles. The predicted molar refractivity (Wildman–Crippen MR) is 68.5 cm³/mol. The first-order valence-electron chi connectivity index (χ1n) is 4.46. The first-order valence-corrected chi connectivity index (χ1v) is 6.27. The molecule has 0 bridgehead atoms. The molecule has 1 aromatic rings. The molecule has 4 heteroatoms. The Kier molecular flexibility index (Phi) is 2.93. The molecule has 1 atom stereocenters. The Morgan fingerprint density at radius 3 is 2.79 bits per heavy atom. The van der Waals surface area contributed by atoms with E-state index in [4.69, 9.17) is 12.2 Å². The fraction of sp³-hybridized carbons (Fsp3) is 0.300. The van der Waals surface area contributed by atoms with E-state index in [1.54, 1.807) is 11.8 Å². The highest BCUT2D eigenvalue weighted by Crippen LogP contribution is 2.26. The van der Waals surface area contributed by atoms with Gasteiger partial charge in [-0.25, -0.2) is 0 Å². The zero-order chi connectivity index (χ0) is 9.97. The molecule has 74 valence electrons. The van der Waals surface area contributed by atoms with Crippen molar-refractivity contribution in [1.29, 1.82) is 0 Å². The van der Waals surface area contributed by atoms with Crippen LogP contribution in [0.2, 0.25) is 0 Å². The molecular formula is C10H12N2S2. The van der Waals surface area contributed by atoms with Crippen molar-refractivity contribution in [2.24, 2.45) is 0 Å². The van der Waals surface area contributed by atoms with Gasteiger partial charge in [0.05, 0.1) is 17.4 Å². The maximum atomic E-state index is 5.28. The molecule has 0 aromatic heterocycles. The third-order valence-electron chi connectivity index (χ3n) is 2.16. The van der Waals surface area contributed by atoms with Gasteiger partial charge in [-0.15, -0.1) is 0 Å². The Bertz CT molecular complexity index is 352. The van der Waals surface area contributed by atoms with Crippen LogP contribution in [0.25, 0.3) is 0 Å². The second kappa shape index (κ2) is 4.19. The predicted octanol–water partition coefficient (Wildman–Crippen LogP) is 2.58. The van der Waals surface area contributed by atoms with Crippen LogP contribution < -0.4 is 10.6 Å². The van der Waals surface area contributed by atoms with Gasteiger partial charge in [0, 0.05) is 5.75 Å². The summed E-state index contributed by atoms with van der Waals surface area (Å²) in [6, 6.07) is 8.39. The van der Waals surface area contributed by atoms with Gasteiger partial charge >= 0.3 is 0 Å². The number of anilines is 2. The molecule has 1 heterocycles. The average molecular weight is 224 g/mol. The average Bonchev–Trinajstić information content (AvgIpc) is 2.19. The van der Waals surface area contributed by atoms with E-state index >= 15 is 0 Å². The maximum Gasteiger partial charge on any atom is 0.103 e. The molecule has 2 nitrogen and oxygen atoms in total. The van der Waals surface area contributed by atoms with E-state index in [1.807, 2.05) is 18.2 Å². The lowest BCUT2D eigenvalue weighted by Crippen LogP contribution is -2.39. The Labute approximate surface area is 93.5 Å². The Balaban J connectivity index is 2.22. The SMILES string of the molecule is CSCC1Nc2ccccc2NC1=S. The van der Waals surface area contributed by atoms with Gasteiger partial charge in [0.1, 0.15) is 4.99 Å². The van der Waals surface area contributed by atoms with Gasteiger partial charge < -0.3 is 10.6 Å². The summed E-state index contributed by atoms with van der Waals surface area (Å²) < 4.78 is 0. The number of fused-ring (bicyclic) bond motifs is 1. The van der Waals surface area contributed by atoms with Crippen molar-refractivity contribution in [2.75, 3.05) is 22.6 Å². The monoisotopic (exact) mass is 224 g/mol. The van der Waals surface area contributed by atoms with Crippen molar-refractivity contribution in [3.05, 3.63) is 24.3 Å². The molecule has 0 radical (unpaired) electrons. The third-order valence-corrected chi connectivity index (χ3v) is 3.22. The summed E-state index contributed by atoms with van der Waals surface area (Å²) in [5, 5.41) is 6.67. The second-order valence-corrected chi connectivity index (χ2v) is 4.54. The fourth-order valence-electron chi connectivity index (χ4n) is 1.48. The van der Waals surface area contributed by atoms with Crippen LogP contribution in [0.3, 0.4) is 0 Å². The molecule has 0 spiro atoms. The van der Waals surface area contributed by atoms with Gasteiger partial charge in [-0.2, -0.15) is 11.8 Å². The molecule has 1 aliphatic heterocycles. The minimum absolute atomic E-state index is 0.259. The zero-order valence-corrected chi connectivity index (χ0v) is 9.54. The summed E-state index contributed by atoms with van der Waals surface area (Å²) >= 11 is 7.08. The summed E-state index contributed by atoms with van der Waals surface area (Å²) in [5.41, 5.74) is 2.22. The molecule has 1 aliphatic rings. The quantitative estimate of drug-likeness (QED) is 0.754. The van der Waals surface area contributed by atoms with Gasteiger partial charge in [0.15, 0.2) is 0 Å². The maximum absolute atomic E-state index is 5.28. The second-order valence-electron chi connectivity index (χ2n) is 3.19. The lowest BCUT2D eigenvalue weighted by Gasteiger charge is -2.28. The van der Waals surface area contributed by atoms with Crippen LogP contribution in [0.5, 0.6) is 0 Å². The minimum atomic E-state index is 0.259. The largest absolute Gasteiger partial charge is 0.373 e. The summed E-state index contributed by atoms with van der Waals surface area (Å²) in [5.74, 6) is 1.00. The summed E-state index contributed by atoms with van der Waals surface area (Å²) in [4.78, 5) is 0.887. The van der Waals surface area contributed by atoms with E-state index in [1.165, 1.54) is 0 Å². The van der Waals surface area contributed by atoms with E-state index in [2.05, 4.69) is 23.0 Å². The molecule has 0 saturated heterocycles. The molecule has 2 N–H and O–H groups in total. The molecule has 1 unspecified atom stereocenters. The minimum Gasteiger partial charge on any atom is -0.373 e. The third kappa shape index (κ3) is 1.86. The van der Waals surface area contributed by atoms with Crippen LogP contribution in [-0.2, 0) is 0 Å². The normalized spacial score (nSPS) is 19.5. The highest BCUT2D eigenvalue weighted by molar-refractivity contribution is 7.98. The number of hydrogen-bond donors (Lipinski definition) is 2. The summed E-state index contributed by atoms with van der Waals surface area (Å²) in [7, 11) is 0. The van der Waals surface area contributed by atoms with Crippen LogP contribution in [-0.4, -0.2) is 23.0 Å². The number of thioether (sulfide) groups is 1. The van der Waals surface area contributed by atoms with Crippen LogP contribution in [0.1, 0.15) is 0 Å². The van der Waals surface area contributed by atoms with Crippen molar-refractivity contribution in [1.82, 2.24) is 0 Å². The van der Waals surface area contributed by atoms with Crippen LogP contribution >= 0.6 is 24.0 Å². The van der Waals surface area contributed by atoms with Gasteiger partial charge in [-0.05, 0) is 18.4 Å². The van der Waals surface area contributed by atoms with Crippen LogP contribution in [0.15, 0.2) is 24.3 Å². The van der Waals surface area contributed by atoms with Crippen LogP contribution in [0.4, 0.5) is 11.4 Å². The van der Waals surface area contributed by atoms with Gasteiger partial charge in [-0.1, -0.05) is 24.4 Å². The first-order chi connectivity index (χ1) is 6.81. The molecular weight excluding hydrogens is 212 g/mol. The Morgan fingerprint density at radius 2 is 2.07 bits per heavy atom. The smallest absolute Gasteiger partial charge is 0.103 e. The van der Waals surface area contributed by atoms with E-state index in [9.17, 15) is 0 Å². The van der Waals surface area contributed by atoms with Gasteiger partial charge in [-0.3, -0.25) is 0 Å². The first kappa shape index (κ1) is 9.80. The number of hydrogen-bond acceptors (Lipinski definition) is 3. The molecule has 0 saturated carbocycles. The van der Waals surface area contributed by atoms with Crippen LogP contribution in [0, 0.1) is 0 Å². The number of nitrogens with one attached hydrogen (secondary N) is 2. The lowest BCUT2D eigenvalue weighted by atomic mass is 10.2. The van der Waals surface area contributed by atoms with E-state index in [-0.39, 0.29) is 6.04 Å². The number of benzene rings is 1. The molecule has 0 fully saturated rings. The van der Waals surface area contributed by atoms with E-state index in [0.717, 1.165) is 22.1 Å². The van der Waals surface area contributed by atoms with Gasteiger partial charge in [0.25, 0.3) is 0 Å². The van der Waals surface area contributed by atoms with Crippen molar-refractivity contribution in [3.63, 3.8) is 0 Å². The topological polar surface area (TPSA) is 24.1 Å². The van der Waals surface area contributed by atoms with E-state index in [0.29, 0.717) is 0 Å². The Morgan fingerprint density at radius 1 is 1.36 bits per heavy atom. The van der Waals surface area contributed by atoms with Crippen molar-refractivity contribution < 1.29 is 0 Å². The lowest BCUT2D eigenvalue weighted by molar-refractivity contribution is 1.06. The molecule has 14 heavy (non-hydrogen) atoms. The van der Waals surface area contributed by atoms with E-state index < -0.39 is 0 Å². The fourth-order valence-corrected chi connectivity index (χ4v) is 2.42. The number of para-hydroxylation sites is 2. The number of rotatable bonds is 2. The summed E-state index contributed by atoms with van der Waals surface area (Å²) in [6.45, 7) is 0. The molecule has 0 amide bonds. The zero-order valence-electron chi connectivity index (χ0n) is 7.91. The highest BCUT2D eigenvalue weighted by Gasteiger charge is 2.20. The standard InChI is InChI=1S/C10H12N2S2/c1-14-6-9-10(13)12-8-5-3-2-4-7(8)11-9/h2-5,9,11H,6H2,1H3,(H,12,13). The number of thiocarbonyl (C=S) groups is 1. The van der Waals surface area contributed by atoms with Gasteiger partial charge in [0.2, 0.25) is 0 Å². The van der Waals surface area contributed by atoms with Crippen molar-refractivity contribution in [2.45, 2.75) is 6.04 Å². The Hall–Kier alpha value is -0.740. The summed E-state index contributed by atoms with van der Waals surface area (Å²) in [6.07, 6.45) is 2.09. The molecule has 2 rings (SSSR count). The van der Waals surface area contributed by atoms with Crippen molar-refractivity contribution in [3.8, 4) is 0 Å².